The van der Waals surface area contributed by atoms with E-state index in [4.69, 9.17) is 9.47 Å². The molecule has 0 aliphatic carbocycles. The lowest BCUT2D eigenvalue weighted by atomic mass is 9.89. The quantitative estimate of drug-likeness (QED) is 0.277. The first kappa shape index (κ1) is 23.0. The van der Waals surface area contributed by atoms with E-state index in [0.717, 1.165) is 0 Å². The third-order valence-electron chi connectivity index (χ3n) is 3.90. The largest absolute Gasteiger partial charge is 0.464 e. The number of benzene rings is 1. The lowest BCUT2D eigenvalue weighted by Gasteiger charge is -2.29. The number of amides is 1. The van der Waals surface area contributed by atoms with Crippen molar-refractivity contribution in [1.82, 2.24) is 5.32 Å². The van der Waals surface area contributed by atoms with Crippen LogP contribution in [0.4, 0.5) is 0 Å². The maximum atomic E-state index is 12.6. The number of carbonyl (C=O) groups excluding carboxylic acids is 5. The van der Waals surface area contributed by atoms with Crippen molar-refractivity contribution in [3.05, 3.63) is 35.4 Å². The van der Waals surface area contributed by atoms with Gasteiger partial charge in [-0.05, 0) is 19.4 Å². The Balaban J connectivity index is 3.29. The molecule has 0 aliphatic rings. The van der Waals surface area contributed by atoms with Crippen LogP contribution in [-0.2, 0) is 35.1 Å². The molecule has 0 bridgehead atoms. The molecule has 0 radical (unpaired) electrons. The molecule has 0 aromatic heterocycles. The second-order valence-corrected chi connectivity index (χ2v) is 6.01. The second-order valence-electron chi connectivity index (χ2n) is 6.01. The van der Waals surface area contributed by atoms with Crippen LogP contribution in [0.3, 0.4) is 0 Å². The molecular weight excluding hydrogens is 366 g/mol. The molecule has 0 spiro atoms. The summed E-state index contributed by atoms with van der Waals surface area (Å²) in [6.07, 6.45) is -0.140. The molecule has 152 valence electrons. The molecule has 0 unspecified atom stereocenters. The topological polar surface area (TPSA) is 116 Å². The van der Waals surface area contributed by atoms with E-state index in [-0.39, 0.29) is 31.6 Å². The number of nitrogens with one attached hydrogen (secondary N) is 1. The van der Waals surface area contributed by atoms with Gasteiger partial charge in [-0.15, -0.1) is 0 Å². The van der Waals surface area contributed by atoms with Crippen molar-refractivity contribution < 1.29 is 33.4 Å². The van der Waals surface area contributed by atoms with Crippen molar-refractivity contribution in [2.75, 3.05) is 13.2 Å². The van der Waals surface area contributed by atoms with Gasteiger partial charge in [0.25, 0.3) is 0 Å². The first-order valence-corrected chi connectivity index (χ1v) is 9.01. The van der Waals surface area contributed by atoms with Gasteiger partial charge in [-0.25, -0.2) is 9.59 Å². The molecule has 1 amide bonds. The first-order chi connectivity index (χ1) is 13.2. The van der Waals surface area contributed by atoms with E-state index < -0.39 is 35.0 Å². The summed E-state index contributed by atoms with van der Waals surface area (Å²) in [7, 11) is 0. The van der Waals surface area contributed by atoms with Crippen molar-refractivity contribution in [3.8, 4) is 0 Å². The van der Waals surface area contributed by atoms with Crippen molar-refractivity contribution in [2.24, 2.45) is 0 Å². The van der Waals surface area contributed by atoms with Gasteiger partial charge in [0.2, 0.25) is 23.0 Å². The van der Waals surface area contributed by atoms with Crippen LogP contribution in [0.5, 0.6) is 0 Å². The van der Waals surface area contributed by atoms with Gasteiger partial charge in [-0.1, -0.05) is 31.2 Å². The summed E-state index contributed by atoms with van der Waals surface area (Å²) in [4.78, 5) is 60.4. The Morgan fingerprint density at radius 3 is 1.79 bits per heavy atom. The highest BCUT2D eigenvalue weighted by Crippen LogP contribution is 2.20. The van der Waals surface area contributed by atoms with Crippen LogP contribution in [0, 0.1) is 0 Å². The first-order valence-electron chi connectivity index (χ1n) is 9.01. The molecule has 1 N–H and O–H groups in total. The second kappa shape index (κ2) is 10.3. The maximum Gasteiger partial charge on any atom is 0.344 e. The van der Waals surface area contributed by atoms with Gasteiger partial charge in [-0.3, -0.25) is 14.4 Å². The molecule has 8 heteroatoms. The third kappa shape index (κ3) is 5.48. The Morgan fingerprint density at radius 1 is 0.893 bits per heavy atom. The van der Waals surface area contributed by atoms with Gasteiger partial charge in [0.1, 0.15) is 0 Å². The SMILES string of the molecule is CCOC(=O)C(Cc1ccc(C(=O)C(=O)CC)cc1)(NC(C)=O)C(=O)OCC. The Morgan fingerprint density at radius 2 is 1.39 bits per heavy atom. The van der Waals surface area contributed by atoms with E-state index in [2.05, 4.69) is 5.32 Å². The van der Waals surface area contributed by atoms with Crippen molar-refractivity contribution >= 4 is 29.4 Å². The molecule has 0 saturated carbocycles. The molecule has 1 rings (SSSR count). The Kier molecular flexibility index (Phi) is 8.50. The van der Waals surface area contributed by atoms with Crippen LogP contribution >= 0.6 is 0 Å². The highest BCUT2D eigenvalue weighted by atomic mass is 16.6. The van der Waals surface area contributed by atoms with Crippen LogP contribution in [-0.4, -0.2) is 48.2 Å². The Labute approximate surface area is 163 Å². The summed E-state index contributed by atoms with van der Waals surface area (Å²) < 4.78 is 10.0. The number of rotatable bonds is 10. The fourth-order valence-electron chi connectivity index (χ4n) is 2.58. The van der Waals surface area contributed by atoms with E-state index in [1.54, 1.807) is 20.8 Å². The lowest BCUT2D eigenvalue weighted by Crippen LogP contribution is -2.62. The number of esters is 2. The third-order valence-corrected chi connectivity index (χ3v) is 3.90. The highest BCUT2D eigenvalue weighted by molar-refractivity contribution is 6.43. The molecule has 0 fully saturated rings. The lowest BCUT2D eigenvalue weighted by molar-refractivity contribution is -0.168. The van der Waals surface area contributed by atoms with Gasteiger partial charge < -0.3 is 14.8 Å². The fraction of sp³-hybridized carbons (Fsp3) is 0.450. The standard InChI is InChI=1S/C20H25NO7/c1-5-16(23)17(24)15-10-8-14(9-11-15)12-20(21-13(4)22,18(25)27-6-2)19(26)28-7-3/h8-11H,5-7,12H2,1-4H3,(H,21,22). The summed E-state index contributed by atoms with van der Waals surface area (Å²) in [6.45, 7) is 5.93. The molecule has 8 nitrogen and oxygen atoms in total. The summed E-state index contributed by atoms with van der Waals surface area (Å²) in [5.41, 5.74) is -1.38. The fourth-order valence-corrected chi connectivity index (χ4v) is 2.58. The Bertz CT molecular complexity index is 734. The van der Waals surface area contributed by atoms with Crippen molar-refractivity contribution in [3.63, 3.8) is 0 Å². The van der Waals surface area contributed by atoms with Crippen molar-refractivity contribution in [1.29, 1.82) is 0 Å². The van der Waals surface area contributed by atoms with Crippen LogP contribution < -0.4 is 5.32 Å². The van der Waals surface area contributed by atoms with Crippen LogP contribution in [0.25, 0.3) is 0 Å². The summed E-state index contributed by atoms with van der Waals surface area (Å²) in [5.74, 6) is -3.62. The zero-order valence-corrected chi connectivity index (χ0v) is 16.5. The van der Waals surface area contributed by atoms with E-state index >= 15 is 0 Å². The number of carbonyl (C=O) groups is 5. The zero-order valence-electron chi connectivity index (χ0n) is 16.5. The number of hydrogen-bond acceptors (Lipinski definition) is 7. The molecule has 28 heavy (non-hydrogen) atoms. The highest BCUT2D eigenvalue weighted by Gasteiger charge is 2.50. The van der Waals surface area contributed by atoms with Gasteiger partial charge in [0, 0.05) is 25.3 Å². The van der Waals surface area contributed by atoms with Gasteiger partial charge in [-0.2, -0.15) is 0 Å². The summed E-state index contributed by atoms with van der Waals surface area (Å²) >= 11 is 0. The minimum atomic E-state index is -2.05. The molecule has 1 aromatic rings. The number of hydrogen-bond donors (Lipinski definition) is 1. The summed E-state index contributed by atoms with van der Waals surface area (Å²) in [6, 6.07) is 5.87. The Hall–Kier alpha value is -3.03. The van der Waals surface area contributed by atoms with Crippen LogP contribution in [0.1, 0.15) is 50.0 Å². The van der Waals surface area contributed by atoms with Gasteiger partial charge >= 0.3 is 11.9 Å². The molecule has 1 aromatic carbocycles. The average molecular weight is 391 g/mol. The smallest absolute Gasteiger partial charge is 0.344 e. The predicted molar refractivity (Wildman–Crippen MR) is 99.6 cm³/mol. The van der Waals surface area contributed by atoms with E-state index in [9.17, 15) is 24.0 Å². The van der Waals surface area contributed by atoms with Crippen molar-refractivity contribution in [2.45, 2.75) is 46.1 Å². The monoisotopic (exact) mass is 391 g/mol. The molecule has 0 saturated heterocycles. The van der Waals surface area contributed by atoms with Crippen LogP contribution in [0.15, 0.2) is 24.3 Å². The van der Waals surface area contributed by atoms with E-state index in [1.807, 2.05) is 0 Å². The van der Waals surface area contributed by atoms with Crippen LogP contribution in [0.2, 0.25) is 0 Å². The normalized spacial score (nSPS) is 10.7. The molecule has 0 aliphatic heterocycles. The molecule has 0 atom stereocenters. The zero-order chi connectivity index (χ0) is 21.3. The number of ether oxygens (including phenoxy) is 2. The van der Waals surface area contributed by atoms with E-state index in [0.29, 0.717) is 5.56 Å². The summed E-state index contributed by atoms with van der Waals surface area (Å²) in [5, 5.41) is 2.37. The van der Waals surface area contributed by atoms with Gasteiger partial charge in [0.15, 0.2) is 0 Å². The minimum absolute atomic E-state index is 0.00609. The van der Waals surface area contributed by atoms with E-state index in [1.165, 1.54) is 31.2 Å². The average Bonchev–Trinajstić information content (AvgIpc) is 2.66. The number of Topliss-reactive ketones (excluding diaryl/α,β-unsaturated/α-hetero) is 2. The number of ketones is 2. The maximum absolute atomic E-state index is 12.6. The molecular formula is C20H25NO7. The molecule has 0 heterocycles. The van der Waals surface area contributed by atoms with Gasteiger partial charge in [0.05, 0.1) is 13.2 Å². The predicted octanol–water partition coefficient (Wildman–Crippen LogP) is 1.39. The minimum Gasteiger partial charge on any atom is -0.464 e.